The lowest BCUT2D eigenvalue weighted by Crippen LogP contribution is -2.28. The Morgan fingerprint density at radius 1 is 1.52 bits per heavy atom. The van der Waals surface area contributed by atoms with Gasteiger partial charge in [0.2, 0.25) is 5.91 Å². The number of aromatic nitrogens is 2. The molecular weight excluding hydrogens is 296 g/mol. The molecule has 1 aromatic rings. The molecule has 0 aliphatic rings. The highest BCUT2D eigenvalue weighted by atomic mass is 16.5. The summed E-state index contributed by atoms with van der Waals surface area (Å²) in [7, 11) is 0. The Hall–Kier alpha value is -2.33. The maximum Gasteiger partial charge on any atom is 0.349 e. The minimum Gasteiger partial charge on any atom is -0.382 e. The van der Waals surface area contributed by atoms with Gasteiger partial charge in [0.25, 0.3) is 0 Å². The van der Waals surface area contributed by atoms with Crippen LogP contribution >= 0.6 is 0 Å². The SMILES string of the molecule is CCCCOCC(=O)NCC#Cc1cn(C(C)C)c(=O)nc1N. The Bertz CT molecular complexity index is 641. The van der Waals surface area contributed by atoms with Crippen molar-refractivity contribution in [3.63, 3.8) is 0 Å². The molecule has 0 bridgehead atoms. The summed E-state index contributed by atoms with van der Waals surface area (Å²) < 4.78 is 6.66. The minimum absolute atomic E-state index is 0.0314. The van der Waals surface area contributed by atoms with E-state index in [9.17, 15) is 9.59 Å². The number of nitrogens with one attached hydrogen (secondary N) is 1. The number of nitrogens with two attached hydrogens (primary N) is 1. The summed E-state index contributed by atoms with van der Waals surface area (Å²) >= 11 is 0. The lowest BCUT2D eigenvalue weighted by Gasteiger charge is -2.09. The molecule has 23 heavy (non-hydrogen) atoms. The van der Waals surface area contributed by atoms with Gasteiger partial charge in [-0.2, -0.15) is 4.98 Å². The maximum atomic E-state index is 11.7. The Morgan fingerprint density at radius 3 is 2.91 bits per heavy atom. The Kier molecular flexibility index (Phi) is 7.84. The summed E-state index contributed by atoms with van der Waals surface area (Å²) in [6.07, 6.45) is 3.55. The van der Waals surface area contributed by atoms with Gasteiger partial charge in [-0.15, -0.1) is 0 Å². The summed E-state index contributed by atoms with van der Waals surface area (Å²) in [4.78, 5) is 26.9. The van der Waals surface area contributed by atoms with Gasteiger partial charge >= 0.3 is 5.69 Å². The lowest BCUT2D eigenvalue weighted by atomic mass is 10.3. The number of nitrogen functional groups attached to an aromatic ring is 1. The third kappa shape index (κ3) is 6.53. The van der Waals surface area contributed by atoms with Crippen molar-refractivity contribution >= 4 is 11.7 Å². The second-order valence-electron chi connectivity index (χ2n) is 5.31. The highest BCUT2D eigenvalue weighted by molar-refractivity contribution is 5.77. The molecule has 1 heterocycles. The number of hydrogen-bond acceptors (Lipinski definition) is 5. The van der Waals surface area contributed by atoms with Crippen LogP contribution in [0.5, 0.6) is 0 Å². The van der Waals surface area contributed by atoms with Gasteiger partial charge in [0.1, 0.15) is 12.4 Å². The van der Waals surface area contributed by atoms with E-state index < -0.39 is 5.69 Å². The van der Waals surface area contributed by atoms with Crippen LogP contribution in [0.25, 0.3) is 0 Å². The van der Waals surface area contributed by atoms with Gasteiger partial charge in [0.15, 0.2) is 0 Å². The zero-order chi connectivity index (χ0) is 17.2. The van der Waals surface area contributed by atoms with E-state index in [4.69, 9.17) is 10.5 Å². The van der Waals surface area contributed by atoms with Gasteiger partial charge in [-0.3, -0.25) is 9.36 Å². The molecule has 7 nitrogen and oxygen atoms in total. The summed E-state index contributed by atoms with van der Waals surface area (Å²) in [5.41, 5.74) is 5.75. The second kappa shape index (κ2) is 9.64. The van der Waals surface area contributed by atoms with E-state index >= 15 is 0 Å². The fraction of sp³-hybridized carbons (Fsp3) is 0.562. The van der Waals surface area contributed by atoms with E-state index in [0.717, 1.165) is 12.8 Å². The average Bonchev–Trinajstić information content (AvgIpc) is 2.49. The monoisotopic (exact) mass is 320 g/mol. The topological polar surface area (TPSA) is 99.2 Å². The highest BCUT2D eigenvalue weighted by Gasteiger charge is 2.06. The zero-order valence-electron chi connectivity index (χ0n) is 13.9. The summed E-state index contributed by atoms with van der Waals surface area (Å²) in [6.45, 7) is 6.58. The van der Waals surface area contributed by atoms with Crippen LogP contribution in [0.15, 0.2) is 11.0 Å². The predicted molar refractivity (Wildman–Crippen MR) is 88.9 cm³/mol. The van der Waals surface area contributed by atoms with Crippen LogP contribution in [0.3, 0.4) is 0 Å². The number of carbonyl (C=O) groups excluding carboxylic acids is 1. The fourth-order valence-electron chi connectivity index (χ4n) is 1.69. The molecule has 0 saturated heterocycles. The van der Waals surface area contributed by atoms with Gasteiger partial charge in [-0.25, -0.2) is 4.79 Å². The number of hydrogen-bond donors (Lipinski definition) is 2. The number of amides is 1. The average molecular weight is 320 g/mol. The molecular formula is C16H24N4O3. The van der Waals surface area contributed by atoms with Crippen molar-refractivity contribution in [2.24, 2.45) is 0 Å². The van der Waals surface area contributed by atoms with Crippen LogP contribution in [0.1, 0.15) is 45.2 Å². The van der Waals surface area contributed by atoms with Crippen molar-refractivity contribution in [2.75, 3.05) is 25.5 Å². The van der Waals surface area contributed by atoms with Crippen molar-refractivity contribution in [3.8, 4) is 11.8 Å². The number of anilines is 1. The quantitative estimate of drug-likeness (QED) is 0.569. The largest absolute Gasteiger partial charge is 0.382 e. The molecule has 3 N–H and O–H groups in total. The molecule has 1 amide bonds. The van der Waals surface area contributed by atoms with E-state index in [1.165, 1.54) is 4.57 Å². The van der Waals surface area contributed by atoms with Crippen molar-refractivity contribution < 1.29 is 9.53 Å². The van der Waals surface area contributed by atoms with Crippen LogP contribution in [-0.2, 0) is 9.53 Å². The molecule has 1 aromatic heterocycles. The summed E-state index contributed by atoms with van der Waals surface area (Å²) in [6, 6.07) is -0.0314. The van der Waals surface area contributed by atoms with Gasteiger partial charge in [-0.05, 0) is 20.3 Å². The van der Waals surface area contributed by atoms with Gasteiger partial charge in [-0.1, -0.05) is 25.2 Å². The van der Waals surface area contributed by atoms with Gasteiger partial charge in [0.05, 0.1) is 12.1 Å². The zero-order valence-corrected chi connectivity index (χ0v) is 13.9. The third-order valence-electron chi connectivity index (χ3n) is 3.01. The van der Waals surface area contributed by atoms with Crippen LogP contribution in [0, 0.1) is 11.8 Å². The first kappa shape index (κ1) is 18.7. The van der Waals surface area contributed by atoms with E-state index in [1.807, 2.05) is 13.8 Å². The van der Waals surface area contributed by atoms with Gasteiger partial charge in [0, 0.05) is 18.8 Å². The smallest absolute Gasteiger partial charge is 0.349 e. The maximum absolute atomic E-state index is 11.7. The van der Waals surface area contributed by atoms with E-state index in [1.54, 1.807) is 6.20 Å². The van der Waals surface area contributed by atoms with Crippen molar-refractivity contribution in [2.45, 2.75) is 39.7 Å². The second-order valence-corrected chi connectivity index (χ2v) is 5.31. The molecule has 7 heteroatoms. The van der Waals surface area contributed by atoms with Gasteiger partial charge < -0.3 is 15.8 Å². The fourth-order valence-corrected chi connectivity index (χ4v) is 1.69. The molecule has 0 unspecified atom stereocenters. The first-order valence-electron chi connectivity index (χ1n) is 7.67. The standard InChI is InChI=1S/C16H24N4O3/c1-4-5-9-23-11-14(21)18-8-6-7-13-10-20(12(2)3)16(22)19-15(13)17/h10,12H,4-5,8-9,11H2,1-3H3,(H,18,21)(H2,17,19,22). The number of carbonyl (C=O) groups is 1. The van der Waals surface area contributed by atoms with E-state index in [-0.39, 0.29) is 30.9 Å². The van der Waals surface area contributed by atoms with Crippen LogP contribution in [0.4, 0.5) is 5.82 Å². The third-order valence-corrected chi connectivity index (χ3v) is 3.01. The predicted octanol–water partition coefficient (Wildman–Crippen LogP) is 0.691. The van der Waals surface area contributed by atoms with Crippen molar-refractivity contribution in [1.82, 2.24) is 14.9 Å². The molecule has 0 aliphatic carbocycles. The number of nitrogens with zero attached hydrogens (tertiary/aromatic N) is 2. The number of ether oxygens (including phenoxy) is 1. The Morgan fingerprint density at radius 2 is 2.26 bits per heavy atom. The minimum atomic E-state index is -0.402. The normalized spacial score (nSPS) is 10.3. The summed E-state index contributed by atoms with van der Waals surface area (Å²) in [5.74, 6) is 5.48. The van der Waals surface area contributed by atoms with Crippen molar-refractivity contribution in [1.29, 1.82) is 0 Å². The highest BCUT2D eigenvalue weighted by Crippen LogP contribution is 2.06. The lowest BCUT2D eigenvalue weighted by molar-refractivity contribution is -0.125. The number of rotatable bonds is 7. The Labute approximate surface area is 136 Å². The van der Waals surface area contributed by atoms with E-state index in [0.29, 0.717) is 12.2 Å². The molecule has 0 saturated carbocycles. The van der Waals surface area contributed by atoms with E-state index in [2.05, 4.69) is 29.1 Å². The van der Waals surface area contributed by atoms with Crippen LogP contribution in [0.2, 0.25) is 0 Å². The van der Waals surface area contributed by atoms with Crippen LogP contribution < -0.4 is 16.7 Å². The first-order chi connectivity index (χ1) is 11.0. The van der Waals surface area contributed by atoms with Crippen molar-refractivity contribution in [3.05, 3.63) is 22.2 Å². The molecule has 0 fully saturated rings. The molecule has 0 radical (unpaired) electrons. The molecule has 0 aromatic carbocycles. The molecule has 1 rings (SSSR count). The Balaban J connectivity index is 2.55. The molecule has 0 spiro atoms. The summed E-state index contributed by atoms with van der Waals surface area (Å²) in [5, 5.41) is 2.63. The molecule has 0 atom stereocenters. The number of unbranched alkanes of at least 4 members (excludes halogenated alkanes) is 1. The van der Waals surface area contributed by atoms with Crippen LogP contribution in [-0.4, -0.2) is 35.2 Å². The first-order valence-corrected chi connectivity index (χ1v) is 7.67. The molecule has 0 aliphatic heterocycles. The molecule has 126 valence electrons.